The van der Waals surface area contributed by atoms with E-state index >= 15 is 0 Å². The van der Waals surface area contributed by atoms with Gasteiger partial charge in [-0.25, -0.2) is 9.59 Å². The molecule has 0 saturated carbocycles. The first-order chi connectivity index (χ1) is 11.7. The third kappa shape index (κ3) is 2.99. The first-order valence-electron chi connectivity index (χ1n) is 8.43. The standard InChI is InChI=1S/C18H23BrN2O4/c1-5-24-15(22)20-11-10-18(19)12-8-6-7-9-13(12)21(14(18)20)16(23)25-17(2,3)4/h6-9,14H,5,10-11H2,1-4H3/t14-,18-/m1/s1. The fourth-order valence-electron chi connectivity index (χ4n) is 3.47. The molecule has 1 aromatic rings. The van der Waals surface area contributed by atoms with E-state index in [0.717, 1.165) is 11.3 Å². The van der Waals surface area contributed by atoms with Gasteiger partial charge in [-0.1, -0.05) is 34.1 Å². The van der Waals surface area contributed by atoms with Crippen LogP contribution in [0.1, 0.15) is 39.7 Å². The fraction of sp³-hybridized carbons (Fsp3) is 0.556. The maximum absolute atomic E-state index is 12.9. The van der Waals surface area contributed by atoms with Gasteiger partial charge in [0.2, 0.25) is 0 Å². The van der Waals surface area contributed by atoms with E-state index in [4.69, 9.17) is 9.47 Å². The highest BCUT2D eigenvalue weighted by molar-refractivity contribution is 9.09. The molecule has 0 N–H and O–H groups in total. The van der Waals surface area contributed by atoms with Gasteiger partial charge in [0, 0.05) is 6.54 Å². The van der Waals surface area contributed by atoms with Gasteiger partial charge in [-0.05, 0) is 45.7 Å². The lowest BCUT2D eigenvalue weighted by atomic mass is 9.98. The number of amides is 2. The Bertz CT molecular complexity index is 703. The molecule has 0 bridgehead atoms. The van der Waals surface area contributed by atoms with Gasteiger partial charge in [-0.3, -0.25) is 9.80 Å². The molecule has 25 heavy (non-hydrogen) atoms. The highest BCUT2D eigenvalue weighted by atomic mass is 79.9. The van der Waals surface area contributed by atoms with E-state index in [1.54, 1.807) is 16.7 Å². The molecule has 2 amide bonds. The number of ether oxygens (including phenoxy) is 2. The van der Waals surface area contributed by atoms with Crippen molar-refractivity contribution in [2.75, 3.05) is 18.1 Å². The SMILES string of the molecule is CCOC(=O)N1CC[C@@]2(Br)c3ccccc3N(C(=O)OC(C)(C)C)[C@@H]12. The van der Waals surface area contributed by atoms with Gasteiger partial charge in [-0.2, -0.15) is 0 Å². The largest absolute Gasteiger partial charge is 0.450 e. The predicted molar refractivity (Wildman–Crippen MR) is 97.9 cm³/mol. The predicted octanol–water partition coefficient (Wildman–Crippen LogP) is 4.22. The molecule has 0 unspecified atom stereocenters. The molecule has 0 radical (unpaired) electrons. The lowest BCUT2D eigenvalue weighted by Gasteiger charge is -2.34. The summed E-state index contributed by atoms with van der Waals surface area (Å²) in [6.45, 7) is 8.04. The van der Waals surface area contributed by atoms with Crippen LogP contribution in [0.5, 0.6) is 0 Å². The Kier molecular flexibility index (Phi) is 4.47. The number of para-hydroxylation sites is 1. The summed E-state index contributed by atoms with van der Waals surface area (Å²) in [6.07, 6.45) is -0.719. The van der Waals surface area contributed by atoms with E-state index in [2.05, 4.69) is 15.9 Å². The number of anilines is 1. The monoisotopic (exact) mass is 410 g/mol. The first kappa shape index (κ1) is 18.0. The molecule has 1 saturated heterocycles. The summed E-state index contributed by atoms with van der Waals surface area (Å²) in [6, 6.07) is 7.67. The number of hydrogen-bond acceptors (Lipinski definition) is 4. The molecule has 3 rings (SSSR count). The van der Waals surface area contributed by atoms with Gasteiger partial charge in [0.15, 0.2) is 0 Å². The van der Waals surface area contributed by atoms with Crippen molar-refractivity contribution in [3.8, 4) is 0 Å². The second-order valence-corrected chi connectivity index (χ2v) is 8.66. The molecule has 0 aliphatic carbocycles. The number of likely N-dealkylation sites (tertiary alicyclic amines) is 1. The van der Waals surface area contributed by atoms with Crippen molar-refractivity contribution in [2.45, 2.75) is 50.2 Å². The molecule has 0 spiro atoms. The lowest BCUT2D eigenvalue weighted by molar-refractivity contribution is 0.0518. The Balaban J connectivity index is 2.04. The molecule has 7 heteroatoms. The minimum Gasteiger partial charge on any atom is -0.450 e. The van der Waals surface area contributed by atoms with Gasteiger partial charge in [0.25, 0.3) is 0 Å². The second-order valence-electron chi connectivity index (χ2n) is 7.25. The summed E-state index contributed by atoms with van der Waals surface area (Å²) in [7, 11) is 0. The molecule has 0 aromatic heterocycles. The van der Waals surface area contributed by atoms with Crippen LogP contribution in [0.4, 0.5) is 15.3 Å². The lowest BCUT2D eigenvalue weighted by Crippen LogP contribution is -2.53. The van der Waals surface area contributed by atoms with Crippen molar-refractivity contribution >= 4 is 33.8 Å². The molecular formula is C18H23BrN2O4. The van der Waals surface area contributed by atoms with Crippen LogP contribution in [0.25, 0.3) is 0 Å². The van der Waals surface area contributed by atoms with Crippen LogP contribution >= 0.6 is 15.9 Å². The zero-order valence-electron chi connectivity index (χ0n) is 14.9. The second kappa shape index (κ2) is 6.20. The van der Waals surface area contributed by atoms with E-state index in [-0.39, 0.29) is 6.61 Å². The average molecular weight is 411 g/mol. The molecular weight excluding hydrogens is 388 g/mol. The summed E-state index contributed by atoms with van der Waals surface area (Å²) in [5.41, 5.74) is 1.11. The molecule has 6 nitrogen and oxygen atoms in total. The number of halogens is 1. The summed E-state index contributed by atoms with van der Waals surface area (Å²) in [4.78, 5) is 28.5. The van der Waals surface area contributed by atoms with Crippen LogP contribution in [-0.2, 0) is 13.8 Å². The van der Waals surface area contributed by atoms with Crippen molar-refractivity contribution in [2.24, 2.45) is 0 Å². The van der Waals surface area contributed by atoms with E-state index in [1.807, 2.05) is 45.0 Å². The minimum atomic E-state index is -0.628. The van der Waals surface area contributed by atoms with Crippen LogP contribution in [0.15, 0.2) is 24.3 Å². The van der Waals surface area contributed by atoms with Gasteiger partial charge in [0.1, 0.15) is 11.8 Å². The van der Waals surface area contributed by atoms with E-state index < -0.39 is 28.3 Å². The maximum atomic E-state index is 12.9. The Morgan fingerprint density at radius 2 is 1.96 bits per heavy atom. The van der Waals surface area contributed by atoms with Crippen LogP contribution in [0, 0.1) is 0 Å². The van der Waals surface area contributed by atoms with Crippen molar-refractivity contribution in [3.05, 3.63) is 29.8 Å². The Morgan fingerprint density at radius 1 is 1.28 bits per heavy atom. The van der Waals surface area contributed by atoms with Crippen LogP contribution in [-0.4, -0.2) is 42.0 Å². The normalized spacial score (nSPS) is 24.8. The van der Waals surface area contributed by atoms with Crippen LogP contribution < -0.4 is 4.90 Å². The Hall–Kier alpha value is -1.76. The topological polar surface area (TPSA) is 59.1 Å². The van der Waals surface area contributed by atoms with Crippen molar-refractivity contribution in [1.29, 1.82) is 0 Å². The van der Waals surface area contributed by atoms with Gasteiger partial charge in [0.05, 0.1) is 16.6 Å². The molecule has 2 aliphatic rings. The number of alkyl halides is 1. The Morgan fingerprint density at radius 3 is 2.60 bits per heavy atom. The van der Waals surface area contributed by atoms with E-state index in [0.29, 0.717) is 13.0 Å². The third-order valence-electron chi connectivity index (χ3n) is 4.37. The minimum absolute atomic E-state index is 0.288. The zero-order chi connectivity index (χ0) is 18.4. The molecule has 2 heterocycles. The summed E-state index contributed by atoms with van der Waals surface area (Å²) in [5, 5.41) is 0. The van der Waals surface area contributed by atoms with E-state index in [9.17, 15) is 9.59 Å². The molecule has 2 aliphatic heterocycles. The number of carbonyl (C=O) groups excluding carboxylic acids is 2. The average Bonchev–Trinajstić information content (AvgIpc) is 2.97. The number of hydrogen-bond donors (Lipinski definition) is 0. The van der Waals surface area contributed by atoms with Crippen molar-refractivity contribution < 1.29 is 19.1 Å². The molecule has 1 aromatic carbocycles. The number of carbonyl (C=O) groups is 2. The van der Waals surface area contributed by atoms with Crippen LogP contribution in [0.2, 0.25) is 0 Å². The zero-order valence-corrected chi connectivity index (χ0v) is 16.5. The maximum Gasteiger partial charge on any atom is 0.416 e. The van der Waals surface area contributed by atoms with Crippen molar-refractivity contribution in [1.82, 2.24) is 4.90 Å². The Labute approximate surface area is 156 Å². The number of nitrogens with zero attached hydrogens (tertiary/aromatic N) is 2. The third-order valence-corrected chi connectivity index (χ3v) is 5.60. The van der Waals surface area contributed by atoms with E-state index in [1.165, 1.54) is 0 Å². The van der Waals surface area contributed by atoms with Crippen molar-refractivity contribution in [3.63, 3.8) is 0 Å². The molecule has 2 atom stereocenters. The first-order valence-corrected chi connectivity index (χ1v) is 9.22. The summed E-state index contributed by atoms with van der Waals surface area (Å²) < 4.78 is 10.3. The molecule has 1 fully saturated rings. The van der Waals surface area contributed by atoms with Crippen LogP contribution in [0.3, 0.4) is 0 Å². The summed E-state index contributed by atoms with van der Waals surface area (Å²) >= 11 is 3.82. The highest BCUT2D eigenvalue weighted by Gasteiger charge is 2.60. The number of fused-ring (bicyclic) bond motifs is 3. The quantitative estimate of drug-likeness (QED) is 0.650. The summed E-state index contributed by atoms with van der Waals surface area (Å²) in [5.74, 6) is 0. The number of rotatable bonds is 1. The number of benzene rings is 1. The molecule has 136 valence electrons. The fourth-order valence-corrected chi connectivity index (χ4v) is 4.44. The van der Waals surface area contributed by atoms with Gasteiger partial charge < -0.3 is 9.47 Å². The van der Waals surface area contributed by atoms with Gasteiger partial charge >= 0.3 is 12.2 Å². The smallest absolute Gasteiger partial charge is 0.416 e. The highest BCUT2D eigenvalue weighted by Crippen LogP contribution is 2.56. The van der Waals surface area contributed by atoms with Gasteiger partial charge in [-0.15, -0.1) is 0 Å².